The first-order valence-electron chi connectivity index (χ1n) is 3.87. The zero-order valence-corrected chi connectivity index (χ0v) is 6.65. The molecule has 1 radical (unpaired) electrons. The summed E-state index contributed by atoms with van der Waals surface area (Å²) in [5.41, 5.74) is 0. The van der Waals surface area contributed by atoms with E-state index in [0.717, 1.165) is 12.8 Å². The number of nitrogens with one attached hydrogen (secondary N) is 1. The summed E-state index contributed by atoms with van der Waals surface area (Å²) in [5.74, 6) is 0.0519. The Morgan fingerprint density at radius 2 is 2.10 bits per heavy atom. The lowest BCUT2D eigenvalue weighted by Crippen LogP contribution is -2.14. The topological polar surface area (TPSA) is 29.1 Å². The van der Waals surface area contributed by atoms with Crippen molar-refractivity contribution in [2.24, 2.45) is 0 Å². The molecule has 59 valence electrons. The minimum Gasteiger partial charge on any atom is -0.354 e. The maximum atomic E-state index is 10.6. The van der Waals surface area contributed by atoms with Crippen LogP contribution in [-0.2, 0) is 4.79 Å². The standard InChI is InChI=1S/C8H16NO/c1-3-4-5-6-7-8(10)9-2/h2-7H2,1H3,(H,9,10). The van der Waals surface area contributed by atoms with Gasteiger partial charge in [-0.05, 0) is 6.42 Å². The lowest BCUT2D eigenvalue weighted by atomic mass is 10.1. The molecule has 2 nitrogen and oxygen atoms in total. The summed E-state index contributed by atoms with van der Waals surface area (Å²) in [6.45, 7) is 2.15. The van der Waals surface area contributed by atoms with Crippen molar-refractivity contribution in [1.82, 2.24) is 5.32 Å². The summed E-state index contributed by atoms with van der Waals surface area (Å²) in [6.07, 6.45) is 5.22. The molecule has 0 saturated heterocycles. The number of carbonyl (C=O) groups is 1. The Kier molecular flexibility index (Phi) is 6.24. The van der Waals surface area contributed by atoms with Gasteiger partial charge in [-0.3, -0.25) is 4.79 Å². The van der Waals surface area contributed by atoms with Gasteiger partial charge in [0.05, 0.1) is 0 Å². The van der Waals surface area contributed by atoms with E-state index in [1.807, 2.05) is 0 Å². The summed E-state index contributed by atoms with van der Waals surface area (Å²) in [6, 6.07) is 0. The summed E-state index contributed by atoms with van der Waals surface area (Å²) in [5, 5.41) is 2.35. The maximum absolute atomic E-state index is 10.6. The first-order valence-corrected chi connectivity index (χ1v) is 3.87. The van der Waals surface area contributed by atoms with Crippen LogP contribution >= 0.6 is 0 Å². The molecule has 0 atom stereocenters. The van der Waals surface area contributed by atoms with Gasteiger partial charge in [0.2, 0.25) is 5.91 Å². The Bertz CT molecular complexity index is 91.3. The van der Waals surface area contributed by atoms with Crippen LogP contribution in [0.3, 0.4) is 0 Å². The molecule has 0 heterocycles. The molecule has 0 aromatic carbocycles. The van der Waals surface area contributed by atoms with Gasteiger partial charge < -0.3 is 5.32 Å². The Balaban J connectivity index is 2.96. The fourth-order valence-electron chi connectivity index (χ4n) is 0.801. The average Bonchev–Trinajstić information content (AvgIpc) is 1.98. The minimum absolute atomic E-state index is 0.0519. The third kappa shape index (κ3) is 5.60. The van der Waals surface area contributed by atoms with Crippen LogP contribution in [0.2, 0.25) is 0 Å². The highest BCUT2D eigenvalue weighted by Crippen LogP contribution is 2.01. The molecule has 10 heavy (non-hydrogen) atoms. The molecule has 1 N–H and O–H groups in total. The van der Waals surface area contributed by atoms with Crippen molar-refractivity contribution in [2.75, 3.05) is 0 Å². The van der Waals surface area contributed by atoms with E-state index in [0.29, 0.717) is 6.42 Å². The summed E-state index contributed by atoms with van der Waals surface area (Å²) < 4.78 is 0. The molecule has 0 unspecified atom stereocenters. The molecule has 1 amide bonds. The van der Waals surface area contributed by atoms with Crippen LogP contribution in [0.4, 0.5) is 0 Å². The molecule has 0 spiro atoms. The Morgan fingerprint density at radius 1 is 1.40 bits per heavy atom. The van der Waals surface area contributed by atoms with Crippen LogP contribution in [0, 0.1) is 7.05 Å². The van der Waals surface area contributed by atoms with Crippen molar-refractivity contribution in [3.8, 4) is 0 Å². The second-order valence-corrected chi connectivity index (χ2v) is 2.41. The third-order valence-electron chi connectivity index (χ3n) is 1.45. The number of rotatable bonds is 5. The van der Waals surface area contributed by atoms with Crippen LogP contribution in [0.25, 0.3) is 0 Å². The molecule has 0 bridgehead atoms. The first kappa shape index (κ1) is 9.47. The van der Waals surface area contributed by atoms with Crippen LogP contribution in [0.15, 0.2) is 0 Å². The van der Waals surface area contributed by atoms with E-state index in [1.54, 1.807) is 0 Å². The van der Waals surface area contributed by atoms with Gasteiger partial charge >= 0.3 is 0 Å². The van der Waals surface area contributed by atoms with Crippen molar-refractivity contribution >= 4 is 5.91 Å². The van der Waals surface area contributed by atoms with Gasteiger partial charge in [-0.1, -0.05) is 26.2 Å². The Hall–Kier alpha value is -0.530. The van der Waals surface area contributed by atoms with Crippen molar-refractivity contribution in [1.29, 1.82) is 0 Å². The Morgan fingerprint density at radius 3 is 2.60 bits per heavy atom. The number of hydrogen-bond donors (Lipinski definition) is 1. The number of hydrogen-bond acceptors (Lipinski definition) is 1. The van der Waals surface area contributed by atoms with Gasteiger partial charge in [0, 0.05) is 13.5 Å². The number of amides is 1. The van der Waals surface area contributed by atoms with Gasteiger partial charge in [0.1, 0.15) is 0 Å². The van der Waals surface area contributed by atoms with Gasteiger partial charge in [-0.15, -0.1) is 0 Å². The molecule has 0 aliphatic rings. The predicted octanol–water partition coefficient (Wildman–Crippen LogP) is 1.86. The van der Waals surface area contributed by atoms with Crippen molar-refractivity contribution in [2.45, 2.75) is 39.0 Å². The largest absolute Gasteiger partial charge is 0.354 e. The highest BCUT2D eigenvalue weighted by atomic mass is 16.1. The monoisotopic (exact) mass is 142 g/mol. The lowest BCUT2D eigenvalue weighted by molar-refractivity contribution is -0.120. The van der Waals surface area contributed by atoms with E-state index >= 15 is 0 Å². The van der Waals surface area contributed by atoms with Crippen molar-refractivity contribution in [3.63, 3.8) is 0 Å². The average molecular weight is 142 g/mol. The normalized spacial score (nSPS) is 9.40. The molecular weight excluding hydrogens is 126 g/mol. The van der Waals surface area contributed by atoms with Gasteiger partial charge in [0.15, 0.2) is 0 Å². The van der Waals surface area contributed by atoms with Crippen molar-refractivity contribution in [3.05, 3.63) is 7.05 Å². The first-order chi connectivity index (χ1) is 4.81. The van der Waals surface area contributed by atoms with Crippen molar-refractivity contribution < 1.29 is 4.79 Å². The summed E-state index contributed by atoms with van der Waals surface area (Å²) >= 11 is 0. The van der Waals surface area contributed by atoms with Crippen LogP contribution in [0.1, 0.15) is 39.0 Å². The van der Waals surface area contributed by atoms with Gasteiger partial charge in [-0.25, -0.2) is 0 Å². The lowest BCUT2D eigenvalue weighted by Gasteiger charge is -1.97. The highest BCUT2D eigenvalue weighted by molar-refractivity contribution is 5.75. The zero-order chi connectivity index (χ0) is 7.82. The number of carbonyl (C=O) groups excluding carboxylic acids is 1. The second kappa shape index (κ2) is 6.59. The summed E-state index contributed by atoms with van der Waals surface area (Å²) in [7, 11) is 3.28. The van der Waals surface area contributed by atoms with Crippen LogP contribution in [-0.4, -0.2) is 5.91 Å². The predicted molar refractivity (Wildman–Crippen MR) is 42.3 cm³/mol. The van der Waals surface area contributed by atoms with E-state index in [1.165, 1.54) is 12.8 Å². The molecule has 0 aromatic heterocycles. The quantitative estimate of drug-likeness (QED) is 0.583. The minimum atomic E-state index is 0.0519. The molecule has 0 aliphatic carbocycles. The molecule has 0 fully saturated rings. The smallest absolute Gasteiger partial charge is 0.220 e. The highest BCUT2D eigenvalue weighted by Gasteiger charge is 1.95. The van der Waals surface area contributed by atoms with Gasteiger partial charge in [-0.2, -0.15) is 0 Å². The number of unbranched alkanes of at least 4 members (excludes halogenated alkanes) is 3. The van der Waals surface area contributed by atoms with Crippen LogP contribution in [0.5, 0.6) is 0 Å². The van der Waals surface area contributed by atoms with E-state index in [-0.39, 0.29) is 5.91 Å². The van der Waals surface area contributed by atoms with Crippen LogP contribution < -0.4 is 5.32 Å². The molecule has 0 saturated carbocycles. The third-order valence-corrected chi connectivity index (χ3v) is 1.45. The van der Waals surface area contributed by atoms with E-state index in [9.17, 15) is 4.79 Å². The fraction of sp³-hybridized carbons (Fsp3) is 0.750. The Labute approximate surface area is 63.0 Å². The second-order valence-electron chi connectivity index (χ2n) is 2.41. The molecule has 2 heteroatoms. The van der Waals surface area contributed by atoms with Gasteiger partial charge in [0.25, 0.3) is 0 Å². The SMILES string of the molecule is [CH2]NC(=O)CCCCCC. The summed E-state index contributed by atoms with van der Waals surface area (Å²) in [4.78, 5) is 10.6. The maximum Gasteiger partial charge on any atom is 0.220 e. The van der Waals surface area contributed by atoms with E-state index in [4.69, 9.17) is 0 Å². The zero-order valence-electron chi connectivity index (χ0n) is 6.65. The fourth-order valence-corrected chi connectivity index (χ4v) is 0.801. The van der Waals surface area contributed by atoms with E-state index < -0.39 is 0 Å². The molecule has 0 rings (SSSR count). The molecule has 0 aromatic rings. The molecule has 0 aliphatic heterocycles. The molecular formula is C8H16NO. The van der Waals surface area contributed by atoms with E-state index in [2.05, 4.69) is 19.3 Å².